The SMILES string of the molecule is CCn1c(=O)sc2cc(S(=O)(=O)N3CCN(C(=O)c4ccc(OC)cc4)CC3)ccc21. The van der Waals surface area contributed by atoms with E-state index in [0.717, 1.165) is 16.9 Å². The van der Waals surface area contributed by atoms with Crippen molar-refractivity contribution in [1.82, 2.24) is 13.8 Å². The van der Waals surface area contributed by atoms with Crippen LogP contribution >= 0.6 is 11.3 Å². The van der Waals surface area contributed by atoms with E-state index in [1.807, 2.05) is 6.92 Å². The van der Waals surface area contributed by atoms with E-state index in [1.165, 1.54) is 4.31 Å². The molecule has 2 aromatic carbocycles. The largest absolute Gasteiger partial charge is 0.497 e. The smallest absolute Gasteiger partial charge is 0.308 e. The molecule has 8 nitrogen and oxygen atoms in total. The lowest BCUT2D eigenvalue weighted by atomic mass is 10.2. The summed E-state index contributed by atoms with van der Waals surface area (Å²) in [5.41, 5.74) is 1.28. The highest BCUT2D eigenvalue weighted by Crippen LogP contribution is 2.25. The highest BCUT2D eigenvalue weighted by molar-refractivity contribution is 7.89. The minimum Gasteiger partial charge on any atom is -0.497 e. The molecule has 2 heterocycles. The fourth-order valence-corrected chi connectivity index (χ4v) is 6.22. The average molecular weight is 462 g/mol. The molecular weight excluding hydrogens is 438 g/mol. The van der Waals surface area contributed by atoms with Crippen molar-refractivity contribution >= 4 is 37.5 Å². The second-order valence-electron chi connectivity index (χ2n) is 7.17. The zero-order chi connectivity index (χ0) is 22.2. The van der Waals surface area contributed by atoms with E-state index in [9.17, 15) is 18.0 Å². The van der Waals surface area contributed by atoms with Crippen molar-refractivity contribution in [2.24, 2.45) is 0 Å². The van der Waals surface area contributed by atoms with Crippen LogP contribution in [0.1, 0.15) is 17.3 Å². The second kappa shape index (κ2) is 8.45. The van der Waals surface area contributed by atoms with Gasteiger partial charge in [-0.1, -0.05) is 11.3 Å². The van der Waals surface area contributed by atoms with Gasteiger partial charge < -0.3 is 9.64 Å². The summed E-state index contributed by atoms with van der Waals surface area (Å²) >= 11 is 1.05. The normalized spacial score (nSPS) is 15.4. The molecule has 1 saturated heterocycles. The lowest BCUT2D eigenvalue weighted by Gasteiger charge is -2.34. The van der Waals surface area contributed by atoms with E-state index < -0.39 is 10.0 Å². The Morgan fingerprint density at radius 2 is 1.74 bits per heavy atom. The summed E-state index contributed by atoms with van der Waals surface area (Å²) in [5, 5.41) is 0. The van der Waals surface area contributed by atoms with Gasteiger partial charge in [-0.15, -0.1) is 0 Å². The van der Waals surface area contributed by atoms with Gasteiger partial charge in [0.1, 0.15) is 5.75 Å². The molecule has 0 radical (unpaired) electrons. The molecule has 31 heavy (non-hydrogen) atoms. The lowest BCUT2D eigenvalue weighted by molar-refractivity contribution is 0.0698. The Labute approximate surface area is 184 Å². The number of piperazine rings is 1. The highest BCUT2D eigenvalue weighted by atomic mass is 32.2. The molecule has 1 aromatic heterocycles. The molecule has 164 valence electrons. The summed E-state index contributed by atoms with van der Waals surface area (Å²) in [6.07, 6.45) is 0. The summed E-state index contributed by atoms with van der Waals surface area (Å²) in [7, 11) is -2.15. The van der Waals surface area contributed by atoms with E-state index >= 15 is 0 Å². The molecule has 4 rings (SSSR count). The van der Waals surface area contributed by atoms with Crippen LogP contribution in [0.5, 0.6) is 5.75 Å². The van der Waals surface area contributed by atoms with E-state index in [4.69, 9.17) is 4.74 Å². The molecule has 1 aliphatic heterocycles. The zero-order valence-electron chi connectivity index (χ0n) is 17.3. The van der Waals surface area contributed by atoms with Crippen molar-refractivity contribution in [2.75, 3.05) is 33.3 Å². The van der Waals surface area contributed by atoms with Gasteiger partial charge in [0.25, 0.3) is 5.91 Å². The molecular formula is C21H23N3O5S2. The van der Waals surface area contributed by atoms with Crippen LogP contribution in [-0.2, 0) is 16.6 Å². The minimum atomic E-state index is -3.71. The van der Waals surface area contributed by atoms with Gasteiger partial charge in [-0.25, -0.2) is 8.42 Å². The maximum atomic E-state index is 13.1. The number of carbonyl (C=O) groups is 1. The molecule has 0 spiro atoms. The van der Waals surface area contributed by atoms with Gasteiger partial charge in [0.05, 0.1) is 22.2 Å². The summed E-state index contributed by atoms with van der Waals surface area (Å²) < 4.78 is 35.1. The van der Waals surface area contributed by atoms with Crippen LogP contribution in [0.4, 0.5) is 0 Å². The fraction of sp³-hybridized carbons (Fsp3) is 0.333. The van der Waals surface area contributed by atoms with Gasteiger partial charge in [0, 0.05) is 38.3 Å². The van der Waals surface area contributed by atoms with Crippen LogP contribution in [0.3, 0.4) is 0 Å². The van der Waals surface area contributed by atoms with Crippen molar-refractivity contribution in [2.45, 2.75) is 18.4 Å². The van der Waals surface area contributed by atoms with Crippen molar-refractivity contribution in [1.29, 1.82) is 0 Å². The predicted octanol–water partition coefficient (Wildman–Crippen LogP) is 2.24. The van der Waals surface area contributed by atoms with Gasteiger partial charge >= 0.3 is 4.87 Å². The van der Waals surface area contributed by atoms with E-state index in [1.54, 1.807) is 59.0 Å². The minimum absolute atomic E-state index is 0.0993. The molecule has 10 heteroatoms. The summed E-state index contributed by atoms with van der Waals surface area (Å²) in [5.74, 6) is 0.538. The molecule has 0 aliphatic carbocycles. The number of methoxy groups -OCH3 is 1. The molecule has 1 aliphatic rings. The Hall–Kier alpha value is -2.69. The second-order valence-corrected chi connectivity index (χ2v) is 10.1. The van der Waals surface area contributed by atoms with Crippen LogP contribution < -0.4 is 9.61 Å². The molecule has 0 unspecified atom stereocenters. The third-order valence-corrected chi connectivity index (χ3v) is 8.29. The molecule has 3 aromatic rings. The molecule has 1 amide bonds. The fourth-order valence-electron chi connectivity index (χ4n) is 3.70. The van der Waals surface area contributed by atoms with Crippen LogP contribution in [0.2, 0.25) is 0 Å². The van der Waals surface area contributed by atoms with Crippen molar-refractivity contribution < 1.29 is 17.9 Å². The predicted molar refractivity (Wildman–Crippen MR) is 119 cm³/mol. The van der Waals surface area contributed by atoms with Crippen LogP contribution in [-0.4, -0.2) is 61.4 Å². The maximum absolute atomic E-state index is 13.1. The number of nitrogens with zero attached hydrogens (tertiary/aromatic N) is 3. The average Bonchev–Trinajstić information content (AvgIpc) is 3.12. The van der Waals surface area contributed by atoms with Gasteiger partial charge in [0.15, 0.2) is 0 Å². The Bertz CT molecular complexity index is 1270. The summed E-state index contributed by atoms with van der Waals surface area (Å²) in [4.78, 5) is 26.5. The summed E-state index contributed by atoms with van der Waals surface area (Å²) in [6.45, 7) is 3.47. The standard InChI is InChI=1S/C21H23N3O5S2/c1-3-24-18-9-8-17(14-19(18)30-21(24)26)31(27,28)23-12-10-22(11-13-23)20(25)15-4-6-16(29-2)7-5-15/h4-9,14H,3,10-13H2,1-2H3. The first kappa shape index (κ1) is 21.5. The molecule has 0 N–H and O–H groups in total. The van der Waals surface area contributed by atoms with Gasteiger partial charge in [0.2, 0.25) is 10.0 Å². The van der Waals surface area contributed by atoms with Gasteiger partial charge in [-0.3, -0.25) is 14.2 Å². The van der Waals surface area contributed by atoms with Gasteiger partial charge in [-0.05, 0) is 49.4 Å². The number of amides is 1. The Kier molecular flexibility index (Phi) is 5.87. The molecule has 0 atom stereocenters. The van der Waals surface area contributed by atoms with Crippen molar-refractivity contribution in [3.63, 3.8) is 0 Å². The highest BCUT2D eigenvalue weighted by Gasteiger charge is 2.31. The molecule has 0 bridgehead atoms. The number of hydrogen-bond acceptors (Lipinski definition) is 6. The molecule has 1 fully saturated rings. The number of sulfonamides is 1. The number of hydrogen-bond donors (Lipinski definition) is 0. The van der Waals surface area contributed by atoms with Crippen molar-refractivity contribution in [3.8, 4) is 5.75 Å². The third-order valence-electron chi connectivity index (χ3n) is 5.46. The summed E-state index contributed by atoms with van der Waals surface area (Å²) in [6, 6.07) is 11.7. The number of aromatic nitrogens is 1. The monoisotopic (exact) mass is 461 g/mol. The van der Waals surface area contributed by atoms with E-state index in [2.05, 4.69) is 0 Å². The van der Waals surface area contributed by atoms with Gasteiger partial charge in [-0.2, -0.15) is 4.31 Å². The van der Waals surface area contributed by atoms with Crippen LogP contribution in [0.25, 0.3) is 10.2 Å². The first-order valence-electron chi connectivity index (χ1n) is 9.92. The number of carbonyl (C=O) groups excluding carboxylic acids is 1. The van der Waals surface area contributed by atoms with Crippen LogP contribution in [0.15, 0.2) is 52.2 Å². The van der Waals surface area contributed by atoms with E-state index in [0.29, 0.717) is 35.6 Å². The Morgan fingerprint density at radius 3 is 2.35 bits per heavy atom. The maximum Gasteiger partial charge on any atom is 0.308 e. The van der Waals surface area contributed by atoms with Crippen LogP contribution in [0, 0.1) is 0 Å². The van der Waals surface area contributed by atoms with Crippen molar-refractivity contribution in [3.05, 3.63) is 57.7 Å². The molecule has 0 saturated carbocycles. The number of benzene rings is 2. The quantitative estimate of drug-likeness (QED) is 0.581. The number of aryl methyl sites for hydroxylation is 1. The lowest BCUT2D eigenvalue weighted by Crippen LogP contribution is -2.50. The van der Waals surface area contributed by atoms with E-state index in [-0.39, 0.29) is 28.8 Å². The number of rotatable bonds is 5. The Morgan fingerprint density at radius 1 is 1.06 bits per heavy atom. The Balaban J connectivity index is 1.49. The third kappa shape index (κ3) is 3.98. The topological polar surface area (TPSA) is 88.9 Å². The number of fused-ring (bicyclic) bond motifs is 1. The zero-order valence-corrected chi connectivity index (χ0v) is 18.9. The first-order chi connectivity index (χ1) is 14.8. The number of ether oxygens (including phenoxy) is 1. The first-order valence-corrected chi connectivity index (χ1v) is 12.2. The number of thiazole rings is 1.